The third-order valence-corrected chi connectivity index (χ3v) is 2.68. The fraction of sp³-hybridized carbons (Fsp3) is 0.769. The molecular formula is C13H22N2O3. The molecule has 0 aliphatic heterocycles. The van der Waals surface area contributed by atoms with E-state index in [1.54, 1.807) is 6.92 Å². The lowest BCUT2D eigenvalue weighted by Gasteiger charge is -2.09. The Morgan fingerprint density at radius 2 is 2.11 bits per heavy atom. The van der Waals surface area contributed by atoms with Crippen LogP contribution in [-0.2, 0) is 16.0 Å². The van der Waals surface area contributed by atoms with Crippen LogP contribution in [0.15, 0.2) is 4.52 Å². The molecule has 5 heteroatoms. The van der Waals surface area contributed by atoms with Crippen LogP contribution in [0.1, 0.15) is 64.1 Å². The van der Waals surface area contributed by atoms with Crippen molar-refractivity contribution in [1.82, 2.24) is 10.1 Å². The second kappa shape index (κ2) is 7.84. The standard InChI is InChI=1S/C13H22N2O3/c1-4-7-9-11-14-12(18-15-11)10(8-5-2)13(16)17-6-3/h10H,4-9H2,1-3H3. The zero-order valence-electron chi connectivity index (χ0n) is 11.4. The first-order valence-corrected chi connectivity index (χ1v) is 6.71. The van der Waals surface area contributed by atoms with Gasteiger partial charge >= 0.3 is 5.97 Å². The monoisotopic (exact) mass is 254 g/mol. The minimum Gasteiger partial charge on any atom is -0.465 e. The molecule has 5 nitrogen and oxygen atoms in total. The molecule has 0 spiro atoms. The van der Waals surface area contributed by atoms with Crippen molar-refractivity contribution >= 4 is 5.97 Å². The maximum atomic E-state index is 11.8. The molecule has 1 unspecified atom stereocenters. The smallest absolute Gasteiger partial charge is 0.318 e. The number of esters is 1. The van der Waals surface area contributed by atoms with Crippen LogP contribution >= 0.6 is 0 Å². The molecule has 1 rings (SSSR count). The molecule has 1 heterocycles. The van der Waals surface area contributed by atoms with Crippen molar-refractivity contribution in [3.8, 4) is 0 Å². The molecule has 0 radical (unpaired) electrons. The summed E-state index contributed by atoms with van der Waals surface area (Å²) >= 11 is 0. The van der Waals surface area contributed by atoms with Crippen molar-refractivity contribution in [3.05, 3.63) is 11.7 Å². The van der Waals surface area contributed by atoms with Crippen molar-refractivity contribution in [3.63, 3.8) is 0 Å². The van der Waals surface area contributed by atoms with Crippen LogP contribution in [0.3, 0.4) is 0 Å². The summed E-state index contributed by atoms with van der Waals surface area (Å²) in [6.07, 6.45) is 4.45. The zero-order chi connectivity index (χ0) is 13.4. The summed E-state index contributed by atoms with van der Waals surface area (Å²) in [6.45, 7) is 6.29. The lowest BCUT2D eigenvalue weighted by atomic mass is 10.0. The van der Waals surface area contributed by atoms with Crippen LogP contribution in [0.25, 0.3) is 0 Å². The molecule has 1 atom stereocenters. The third-order valence-electron chi connectivity index (χ3n) is 2.68. The van der Waals surface area contributed by atoms with Gasteiger partial charge in [0, 0.05) is 6.42 Å². The molecule has 0 bridgehead atoms. The average Bonchev–Trinajstić information content (AvgIpc) is 2.82. The van der Waals surface area contributed by atoms with E-state index in [2.05, 4.69) is 17.1 Å². The van der Waals surface area contributed by atoms with Gasteiger partial charge in [0.25, 0.3) is 0 Å². The highest BCUT2D eigenvalue weighted by atomic mass is 16.5. The minimum absolute atomic E-state index is 0.273. The van der Waals surface area contributed by atoms with Gasteiger partial charge in [-0.3, -0.25) is 4.79 Å². The third kappa shape index (κ3) is 4.13. The number of hydrogen-bond donors (Lipinski definition) is 0. The zero-order valence-corrected chi connectivity index (χ0v) is 11.4. The van der Waals surface area contributed by atoms with Crippen molar-refractivity contribution < 1.29 is 14.1 Å². The van der Waals surface area contributed by atoms with E-state index in [1.807, 2.05) is 6.92 Å². The van der Waals surface area contributed by atoms with Gasteiger partial charge in [0.2, 0.25) is 5.89 Å². The molecule has 1 aromatic rings. The Bertz CT molecular complexity index is 363. The second-order valence-corrected chi connectivity index (χ2v) is 4.25. The van der Waals surface area contributed by atoms with E-state index in [-0.39, 0.29) is 5.97 Å². The minimum atomic E-state index is -0.419. The predicted octanol–water partition coefficient (Wildman–Crippen LogP) is 2.86. The molecule has 0 saturated heterocycles. The number of ether oxygens (including phenoxy) is 1. The van der Waals surface area contributed by atoms with Crippen LogP contribution in [0, 0.1) is 0 Å². The molecule has 0 fully saturated rings. The van der Waals surface area contributed by atoms with Crippen LogP contribution in [0.2, 0.25) is 0 Å². The summed E-state index contributed by atoms with van der Waals surface area (Å²) in [7, 11) is 0. The van der Waals surface area contributed by atoms with Crippen molar-refractivity contribution in [2.75, 3.05) is 6.61 Å². The van der Waals surface area contributed by atoms with Crippen LogP contribution < -0.4 is 0 Å². The normalized spacial score (nSPS) is 12.4. The van der Waals surface area contributed by atoms with E-state index >= 15 is 0 Å². The Morgan fingerprint density at radius 3 is 2.72 bits per heavy atom. The van der Waals surface area contributed by atoms with Gasteiger partial charge < -0.3 is 9.26 Å². The summed E-state index contributed by atoms with van der Waals surface area (Å²) in [6, 6.07) is 0. The van der Waals surface area contributed by atoms with E-state index in [0.717, 1.165) is 25.7 Å². The molecule has 0 aliphatic rings. The van der Waals surface area contributed by atoms with Crippen LogP contribution in [0.5, 0.6) is 0 Å². The first kappa shape index (κ1) is 14.7. The van der Waals surface area contributed by atoms with Gasteiger partial charge in [-0.1, -0.05) is 31.8 Å². The molecule has 102 valence electrons. The maximum Gasteiger partial charge on any atom is 0.318 e. The van der Waals surface area contributed by atoms with E-state index in [4.69, 9.17) is 9.26 Å². The highest BCUT2D eigenvalue weighted by molar-refractivity contribution is 5.76. The first-order chi connectivity index (χ1) is 8.72. The van der Waals surface area contributed by atoms with Crippen molar-refractivity contribution in [1.29, 1.82) is 0 Å². The molecular weight excluding hydrogens is 232 g/mol. The molecule has 0 aromatic carbocycles. The van der Waals surface area contributed by atoms with Gasteiger partial charge in [0.05, 0.1) is 6.61 Å². The number of aromatic nitrogens is 2. The number of carbonyl (C=O) groups is 1. The summed E-state index contributed by atoms with van der Waals surface area (Å²) in [5.74, 6) is 0.376. The fourth-order valence-electron chi connectivity index (χ4n) is 1.72. The van der Waals surface area contributed by atoms with Crippen molar-refractivity contribution in [2.24, 2.45) is 0 Å². The maximum absolute atomic E-state index is 11.8. The largest absolute Gasteiger partial charge is 0.465 e. The Kier molecular flexibility index (Phi) is 6.39. The Labute approximate surface area is 108 Å². The Balaban J connectivity index is 2.72. The van der Waals surface area contributed by atoms with Gasteiger partial charge in [-0.05, 0) is 19.8 Å². The molecule has 0 amide bonds. The number of unbranched alkanes of at least 4 members (excludes halogenated alkanes) is 1. The second-order valence-electron chi connectivity index (χ2n) is 4.25. The molecule has 0 saturated carbocycles. The van der Waals surface area contributed by atoms with Gasteiger partial charge in [-0.15, -0.1) is 0 Å². The van der Waals surface area contributed by atoms with E-state index in [1.165, 1.54) is 0 Å². The highest BCUT2D eigenvalue weighted by Crippen LogP contribution is 2.21. The Morgan fingerprint density at radius 1 is 1.33 bits per heavy atom. The van der Waals surface area contributed by atoms with Gasteiger partial charge in [0.1, 0.15) is 5.92 Å². The topological polar surface area (TPSA) is 65.2 Å². The van der Waals surface area contributed by atoms with E-state index in [9.17, 15) is 4.79 Å². The number of aryl methyl sites for hydroxylation is 1. The molecule has 18 heavy (non-hydrogen) atoms. The summed E-state index contributed by atoms with van der Waals surface area (Å²) in [5, 5.41) is 3.91. The van der Waals surface area contributed by atoms with E-state index < -0.39 is 5.92 Å². The SMILES string of the molecule is CCCCc1noc(C(CCC)C(=O)OCC)n1. The fourth-order valence-corrected chi connectivity index (χ4v) is 1.72. The Hall–Kier alpha value is -1.39. The molecule has 0 N–H and O–H groups in total. The van der Waals surface area contributed by atoms with Crippen LogP contribution in [0.4, 0.5) is 0 Å². The van der Waals surface area contributed by atoms with E-state index in [0.29, 0.717) is 24.7 Å². The predicted molar refractivity (Wildman–Crippen MR) is 67.2 cm³/mol. The van der Waals surface area contributed by atoms with Gasteiger partial charge in [0.15, 0.2) is 5.82 Å². The average molecular weight is 254 g/mol. The molecule has 1 aromatic heterocycles. The quantitative estimate of drug-likeness (QED) is 0.667. The summed E-state index contributed by atoms with van der Waals surface area (Å²) < 4.78 is 10.2. The van der Waals surface area contributed by atoms with Gasteiger partial charge in [-0.2, -0.15) is 4.98 Å². The summed E-state index contributed by atoms with van der Waals surface area (Å²) in [5.41, 5.74) is 0. The lowest BCUT2D eigenvalue weighted by molar-refractivity contribution is -0.145. The number of hydrogen-bond acceptors (Lipinski definition) is 5. The van der Waals surface area contributed by atoms with Crippen molar-refractivity contribution in [2.45, 2.75) is 58.8 Å². The molecule has 0 aliphatic carbocycles. The summed E-state index contributed by atoms with van der Waals surface area (Å²) in [4.78, 5) is 16.1. The van der Waals surface area contributed by atoms with Crippen LogP contribution in [-0.4, -0.2) is 22.7 Å². The number of nitrogens with zero attached hydrogens (tertiary/aromatic N) is 2. The highest BCUT2D eigenvalue weighted by Gasteiger charge is 2.27. The number of rotatable bonds is 8. The van der Waals surface area contributed by atoms with Gasteiger partial charge in [-0.25, -0.2) is 0 Å². The first-order valence-electron chi connectivity index (χ1n) is 6.71. The lowest BCUT2D eigenvalue weighted by Crippen LogP contribution is -2.16. The number of carbonyl (C=O) groups excluding carboxylic acids is 1.